The van der Waals surface area contributed by atoms with Crippen LogP contribution in [-0.4, -0.2) is 38.1 Å². The van der Waals surface area contributed by atoms with E-state index in [9.17, 15) is 4.79 Å². The highest BCUT2D eigenvalue weighted by molar-refractivity contribution is 5.81. The van der Waals surface area contributed by atoms with Crippen molar-refractivity contribution >= 4 is 11.9 Å². The summed E-state index contributed by atoms with van der Waals surface area (Å²) in [5, 5.41) is 9.54. The lowest BCUT2D eigenvalue weighted by molar-refractivity contribution is -0.121. The third-order valence-electron chi connectivity index (χ3n) is 4.31. The first-order chi connectivity index (χ1) is 12.2. The van der Waals surface area contributed by atoms with Crippen LogP contribution in [0.3, 0.4) is 0 Å². The molecule has 1 aromatic carbocycles. The molecule has 3 N–H and O–H groups in total. The van der Waals surface area contributed by atoms with E-state index in [1.165, 1.54) is 12.8 Å². The molecule has 1 aliphatic carbocycles. The zero-order chi connectivity index (χ0) is 17.9. The van der Waals surface area contributed by atoms with Crippen molar-refractivity contribution in [3.05, 3.63) is 29.8 Å². The molecule has 1 fully saturated rings. The van der Waals surface area contributed by atoms with Crippen molar-refractivity contribution < 1.29 is 9.53 Å². The first-order valence-electron chi connectivity index (χ1n) is 9.17. The number of ether oxygens (including phenoxy) is 1. The van der Waals surface area contributed by atoms with E-state index in [-0.39, 0.29) is 5.91 Å². The maximum atomic E-state index is 11.9. The summed E-state index contributed by atoms with van der Waals surface area (Å²) in [6.07, 6.45) is 5.13. The van der Waals surface area contributed by atoms with Crippen LogP contribution in [0.4, 0.5) is 0 Å². The normalized spacial score (nSPS) is 15.0. The summed E-state index contributed by atoms with van der Waals surface area (Å²) in [4.78, 5) is 16.1. The lowest BCUT2D eigenvalue weighted by Gasteiger charge is -2.15. The second kappa shape index (κ2) is 10.6. The topological polar surface area (TPSA) is 74.8 Å². The third kappa shape index (κ3) is 6.64. The monoisotopic (exact) mass is 346 g/mol. The largest absolute Gasteiger partial charge is 0.494 e. The Morgan fingerprint density at radius 2 is 2.00 bits per heavy atom. The molecule has 0 spiro atoms. The molecular weight excluding hydrogens is 316 g/mol. The molecule has 1 saturated carbocycles. The molecule has 0 bridgehead atoms. The van der Waals surface area contributed by atoms with Crippen molar-refractivity contribution in [2.45, 2.75) is 51.6 Å². The van der Waals surface area contributed by atoms with Crippen LogP contribution in [0.1, 0.15) is 44.6 Å². The minimum Gasteiger partial charge on any atom is -0.494 e. The van der Waals surface area contributed by atoms with Crippen LogP contribution in [0.15, 0.2) is 29.3 Å². The van der Waals surface area contributed by atoms with Gasteiger partial charge in [-0.15, -0.1) is 0 Å². The summed E-state index contributed by atoms with van der Waals surface area (Å²) in [7, 11) is 1.72. The smallest absolute Gasteiger partial charge is 0.221 e. The molecule has 2 rings (SSSR count). The zero-order valence-electron chi connectivity index (χ0n) is 15.3. The van der Waals surface area contributed by atoms with Crippen LogP contribution in [0, 0.1) is 0 Å². The van der Waals surface area contributed by atoms with Gasteiger partial charge in [0.2, 0.25) is 5.91 Å². The fourth-order valence-corrected chi connectivity index (χ4v) is 3.01. The molecule has 25 heavy (non-hydrogen) atoms. The summed E-state index contributed by atoms with van der Waals surface area (Å²) >= 11 is 0. The van der Waals surface area contributed by atoms with Crippen LogP contribution >= 0.6 is 0 Å². The Morgan fingerprint density at radius 1 is 1.24 bits per heavy atom. The predicted molar refractivity (Wildman–Crippen MR) is 101 cm³/mol. The molecule has 1 aromatic rings. The average molecular weight is 346 g/mol. The van der Waals surface area contributed by atoms with Gasteiger partial charge in [-0.2, -0.15) is 0 Å². The van der Waals surface area contributed by atoms with Crippen LogP contribution in [0.5, 0.6) is 5.75 Å². The molecular formula is C19H30N4O2. The summed E-state index contributed by atoms with van der Waals surface area (Å²) in [5.74, 6) is 1.67. The molecule has 1 amide bonds. The maximum Gasteiger partial charge on any atom is 0.221 e. The number of amides is 1. The highest BCUT2D eigenvalue weighted by atomic mass is 16.5. The number of nitrogens with one attached hydrogen (secondary N) is 3. The molecule has 6 nitrogen and oxygen atoms in total. The van der Waals surface area contributed by atoms with Gasteiger partial charge in [0, 0.05) is 38.2 Å². The Morgan fingerprint density at radius 3 is 2.72 bits per heavy atom. The van der Waals surface area contributed by atoms with Gasteiger partial charge < -0.3 is 20.7 Å². The molecule has 0 aliphatic heterocycles. The van der Waals surface area contributed by atoms with E-state index in [0.717, 1.165) is 24.2 Å². The van der Waals surface area contributed by atoms with E-state index in [4.69, 9.17) is 4.74 Å². The van der Waals surface area contributed by atoms with Crippen molar-refractivity contribution in [2.75, 3.05) is 20.2 Å². The molecule has 0 atom stereocenters. The van der Waals surface area contributed by atoms with E-state index < -0.39 is 0 Å². The lowest BCUT2D eigenvalue weighted by Crippen LogP contribution is -2.40. The van der Waals surface area contributed by atoms with Crippen molar-refractivity contribution in [1.29, 1.82) is 0 Å². The summed E-state index contributed by atoms with van der Waals surface area (Å²) in [5.41, 5.74) is 1.08. The number of guanidine groups is 1. The number of aliphatic imine (C=N–C) groups is 1. The highest BCUT2D eigenvalue weighted by Gasteiger charge is 2.16. The van der Waals surface area contributed by atoms with Crippen molar-refractivity contribution in [2.24, 2.45) is 4.99 Å². The van der Waals surface area contributed by atoms with E-state index >= 15 is 0 Å². The number of hydrogen-bond acceptors (Lipinski definition) is 3. The van der Waals surface area contributed by atoms with Crippen LogP contribution in [0.2, 0.25) is 0 Å². The Labute approximate surface area is 150 Å². The summed E-state index contributed by atoms with van der Waals surface area (Å²) in [6.45, 7) is 3.79. The fourth-order valence-electron chi connectivity index (χ4n) is 3.01. The van der Waals surface area contributed by atoms with Crippen molar-refractivity contribution in [1.82, 2.24) is 16.0 Å². The number of para-hydroxylation sites is 1. The molecule has 0 unspecified atom stereocenters. The third-order valence-corrected chi connectivity index (χ3v) is 4.31. The van der Waals surface area contributed by atoms with Gasteiger partial charge in [-0.25, -0.2) is 0 Å². The standard InChI is InChI=1S/C19H30N4O2/c1-3-25-17-11-7-4-8-15(17)14-22-19(20-2)21-13-12-18(24)23-16-9-5-6-10-16/h4,7-8,11,16H,3,5-6,9-10,12-14H2,1-2H3,(H,23,24)(H2,20,21,22). The zero-order valence-corrected chi connectivity index (χ0v) is 15.3. The number of nitrogens with zero attached hydrogens (tertiary/aromatic N) is 1. The number of rotatable bonds is 8. The number of benzene rings is 1. The summed E-state index contributed by atoms with van der Waals surface area (Å²) < 4.78 is 5.63. The first-order valence-corrected chi connectivity index (χ1v) is 9.17. The number of hydrogen-bond donors (Lipinski definition) is 3. The summed E-state index contributed by atoms with van der Waals surface area (Å²) in [6, 6.07) is 8.32. The Bertz CT molecular complexity index is 568. The maximum absolute atomic E-state index is 11.9. The van der Waals surface area contributed by atoms with E-state index in [1.807, 2.05) is 31.2 Å². The van der Waals surface area contributed by atoms with Crippen LogP contribution < -0.4 is 20.7 Å². The predicted octanol–water partition coefficient (Wildman–Crippen LogP) is 2.20. The van der Waals surface area contributed by atoms with E-state index in [2.05, 4.69) is 20.9 Å². The minimum absolute atomic E-state index is 0.108. The van der Waals surface area contributed by atoms with Gasteiger partial charge in [-0.3, -0.25) is 9.79 Å². The molecule has 0 aromatic heterocycles. The Hall–Kier alpha value is -2.24. The van der Waals surface area contributed by atoms with E-state index in [0.29, 0.717) is 38.1 Å². The Balaban J connectivity index is 1.71. The highest BCUT2D eigenvalue weighted by Crippen LogP contribution is 2.18. The first kappa shape index (κ1) is 19.1. The van der Waals surface area contributed by atoms with Crippen LogP contribution in [0.25, 0.3) is 0 Å². The SMILES string of the molecule is CCOc1ccccc1CNC(=NC)NCCC(=O)NC1CCCC1. The Kier molecular flexibility index (Phi) is 8.09. The van der Waals surface area contributed by atoms with E-state index in [1.54, 1.807) is 7.05 Å². The fraction of sp³-hybridized carbons (Fsp3) is 0.579. The molecule has 6 heteroatoms. The molecule has 0 heterocycles. The molecule has 0 saturated heterocycles. The van der Waals surface area contributed by atoms with Gasteiger partial charge in [-0.05, 0) is 25.8 Å². The number of carbonyl (C=O) groups is 1. The van der Waals surface area contributed by atoms with Crippen molar-refractivity contribution in [3.63, 3.8) is 0 Å². The van der Waals surface area contributed by atoms with Gasteiger partial charge in [-0.1, -0.05) is 31.0 Å². The van der Waals surface area contributed by atoms with Gasteiger partial charge in [0.15, 0.2) is 5.96 Å². The van der Waals surface area contributed by atoms with Crippen molar-refractivity contribution in [3.8, 4) is 5.75 Å². The lowest BCUT2D eigenvalue weighted by atomic mass is 10.2. The molecule has 1 aliphatic rings. The average Bonchev–Trinajstić information content (AvgIpc) is 3.12. The van der Waals surface area contributed by atoms with Gasteiger partial charge in [0.05, 0.1) is 6.61 Å². The second-order valence-corrected chi connectivity index (χ2v) is 6.19. The minimum atomic E-state index is 0.108. The molecule has 0 radical (unpaired) electrons. The van der Waals surface area contributed by atoms with Gasteiger partial charge in [0.25, 0.3) is 0 Å². The van der Waals surface area contributed by atoms with Crippen LogP contribution in [-0.2, 0) is 11.3 Å². The number of carbonyl (C=O) groups excluding carboxylic acids is 1. The van der Waals surface area contributed by atoms with Gasteiger partial charge >= 0.3 is 0 Å². The molecule has 138 valence electrons. The quantitative estimate of drug-likeness (QED) is 0.498. The van der Waals surface area contributed by atoms with Gasteiger partial charge in [0.1, 0.15) is 5.75 Å². The second-order valence-electron chi connectivity index (χ2n) is 6.19.